The second kappa shape index (κ2) is 11.8. The Balaban J connectivity index is 1.44. The second-order valence-corrected chi connectivity index (χ2v) is 10.3. The number of rotatable bonds is 8. The number of imide groups is 1. The quantitative estimate of drug-likeness (QED) is 0.143. The summed E-state index contributed by atoms with van der Waals surface area (Å²) < 4.78 is 18.4. The Kier molecular flexibility index (Phi) is 7.56. The number of ether oxygens (including phenoxy) is 3. The highest BCUT2D eigenvalue weighted by atomic mass is 16.7. The van der Waals surface area contributed by atoms with Crippen LogP contribution in [0, 0.1) is 18.3 Å². The van der Waals surface area contributed by atoms with Gasteiger partial charge in [-0.3, -0.25) is 14.5 Å². The highest BCUT2D eigenvalue weighted by Crippen LogP contribution is 2.35. The summed E-state index contributed by atoms with van der Waals surface area (Å²) in [5, 5.41) is 14.8. The summed E-state index contributed by atoms with van der Waals surface area (Å²) in [6.45, 7) is 7.74. The van der Waals surface area contributed by atoms with Crippen LogP contribution in [-0.2, 0) is 16.1 Å². The average Bonchev–Trinajstić information content (AvgIpc) is 3.68. The maximum Gasteiger partial charge on any atom is 0.271 e. The fraction of sp³-hybridized carbons (Fsp3) is 0.143. The molecule has 3 aromatic carbocycles. The van der Waals surface area contributed by atoms with E-state index in [1.807, 2.05) is 67.7 Å². The lowest BCUT2D eigenvalue weighted by molar-refractivity contribution is -0.141. The molecule has 218 valence electrons. The van der Waals surface area contributed by atoms with Crippen LogP contribution in [0.4, 0.5) is 0 Å². The van der Waals surface area contributed by atoms with Crippen LogP contribution >= 0.6 is 0 Å². The van der Waals surface area contributed by atoms with Gasteiger partial charge < -0.3 is 14.2 Å². The van der Waals surface area contributed by atoms with Crippen molar-refractivity contribution in [1.29, 1.82) is 5.26 Å². The van der Waals surface area contributed by atoms with E-state index in [0.29, 0.717) is 40.5 Å². The molecule has 0 radical (unpaired) electrons. The fourth-order valence-corrected chi connectivity index (χ4v) is 5.19. The number of nitriles is 1. The number of fused-ring (bicyclic) bond motifs is 1. The van der Waals surface area contributed by atoms with E-state index in [9.17, 15) is 14.9 Å². The number of carbonyl (C=O) groups is 2. The van der Waals surface area contributed by atoms with Crippen molar-refractivity contribution in [2.24, 2.45) is 0 Å². The summed E-state index contributed by atoms with van der Waals surface area (Å²) in [6, 6.07) is 22.6. The second-order valence-electron chi connectivity index (χ2n) is 10.3. The van der Waals surface area contributed by atoms with E-state index < -0.39 is 11.8 Å². The van der Waals surface area contributed by atoms with Crippen molar-refractivity contribution in [3.63, 3.8) is 0 Å². The van der Waals surface area contributed by atoms with Gasteiger partial charge in [-0.05, 0) is 79.1 Å². The molecule has 0 atom stereocenters. The minimum absolute atomic E-state index is 0.0361. The van der Waals surface area contributed by atoms with E-state index in [1.165, 1.54) is 0 Å². The van der Waals surface area contributed by atoms with Crippen molar-refractivity contribution in [2.75, 3.05) is 13.4 Å². The molecular weight excluding hydrogens is 556 g/mol. The summed E-state index contributed by atoms with van der Waals surface area (Å²) in [4.78, 5) is 28.4. The van der Waals surface area contributed by atoms with Gasteiger partial charge in [-0.2, -0.15) is 10.4 Å². The van der Waals surface area contributed by atoms with Crippen molar-refractivity contribution in [3.05, 3.63) is 119 Å². The SMILES string of the molecule is C=CCOc1ccc(-c2nn(-c3ccccc3)cc2/C=C2/C(=O)N(Cc3ccc4c(c3)OCO4)C(=O)C(C#N)=C2C)cc1C. The number of hydrogen-bond donors (Lipinski definition) is 0. The van der Waals surface area contributed by atoms with Gasteiger partial charge in [-0.15, -0.1) is 0 Å². The van der Waals surface area contributed by atoms with Crippen molar-refractivity contribution < 1.29 is 23.8 Å². The number of amides is 2. The lowest BCUT2D eigenvalue weighted by atomic mass is 9.92. The van der Waals surface area contributed by atoms with Gasteiger partial charge in [0, 0.05) is 22.9 Å². The Bertz CT molecular complexity index is 1910. The average molecular weight is 585 g/mol. The molecule has 2 aliphatic rings. The predicted octanol–water partition coefficient (Wildman–Crippen LogP) is 5.93. The maximum atomic E-state index is 14.0. The fourth-order valence-electron chi connectivity index (χ4n) is 5.19. The molecule has 2 amide bonds. The Morgan fingerprint density at radius 1 is 1.02 bits per heavy atom. The lowest BCUT2D eigenvalue weighted by Gasteiger charge is -2.27. The molecule has 0 aliphatic carbocycles. The van der Waals surface area contributed by atoms with Crippen LogP contribution in [0.3, 0.4) is 0 Å². The first-order valence-electron chi connectivity index (χ1n) is 14.0. The van der Waals surface area contributed by atoms with Crippen molar-refractivity contribution in [3.8, 4) is 40.3 Å². The Morgan fingerprint density at radius 3 is 2.57 bits per heavy atom. The molecule has 44 heavy (non-hydrogen) atoms. The van der Waals surface area contributed by atoms with Crippen LogP contribution in [0.15, 0.2) is 102 Å². The zero-order chi connectivity index (χ0) is 30.8. The van der Waals surface area contributed by atoms with Gasteiger partial charge in [0.15, 0.2) is 11.5 Å². The maximum absolute atomic E-state index is 14.0. The normalized spacial score (nSPS) is 15.1. The van der Waals surface area contributed by atoms with E-state index in [-0.39, 0.29) is 24.5 Å². The lowest BCUT2D eigenvalue weighted by Crippen LogP contribution is -2.42. The topological polar surface area (TPSA) is 107 Å². The van der Waals surface area contributed by atoms with Gasteiger partial charge in [0.1, 0.15) is 24.0 Å². The van der Waals surface area contributed by atoms with Gasteiger partial charge in [0.25, 0.3) is 11.8 Å². The minimum atomic E-state index is -0.643. The molecule has 3 heterocycles. The molecular formula is C35H28N4O5. The molecule has 0 saturated carbocycles. The molecule has 2 aliphatic heterocycles. The van der Waals surface area contributed by atoms with Crippen molar-refractivity contribution in [1.82, 2.24) is 14.7 Å². The van der Waals surface area contributed by atoms with E-state index in [4.69, 9.17) is 19.3 Å². The number of nitrogens with zero attached hydrogens (tertiary/aromatic N) is 4. The molecule has 1 aromatic heterocycles. The highest BCUT2D eigenvalue weighted by Gasteiger charge is 2.36. The molecule has 0 unspecified atom stereocenters. The van der Waals surface area contributed by atoms with Crippen molar-refractivity contribution >= 4 is 17.9 Å². The van der Waals surface area contributed by atoms with Crippen LogP contribution in [0.2, 0.25) is 0 Å². The number of carbonyl (C=O) groups excluding carboxylic acids is 2. The van der Waals surface area contributed by atoms with Gasteiger partial charge in [-0.1, -0.05) is 36.9 Å². The predicted molar refractivity (Wildman–Crippen MR) is 164 cm³/mol. The standard InChI is InChI=1S/C35H28N4O5/c1-4-14-42-30-13-11-25(15-22(30)2)33-26(20-39(37-33)27-8-6-5-7-9-27)17-28-23(3)29(18-36)35(41)38(34(28)40)19-24-10-12-31-32(16-24)44-21-43-31/h4-13,15-17,20H,1,14,19,21H2,2-3H3/b28-17+. The Hall–Kier alpha value is -5.88. The minimum Gasteiger partial charge on any atom is -0.489 e. The molecule has 0 saturated heterocycles. The zero-order valence-electron chi connectivity index (χ0n) is 24.2. The summed E-state index contributed by atoms with van der Waals surface area (Å²) in [6.07, 6.45) is 5.22. The summed E-state index contributed by atoms with van der Waals surface area (Å²) in [5.41, 5.74) is 4.95. The Labute approximate surface area is 254 Å². The third-order valence-corrected chi connectivity index (χ3v) is 7.47. The van der Waals surface area contributed by atoms with Crippen LogP contribution < -0.4 is 14.2 Å². The molecule has 6 rings (SSSR count). The monoisotopic (exact) mass is 584 g/mol. The number of para-hydroxylation sites is 1. The molecule has 4 aromatic rings. The highest BCUT2D eigenvalue weighted by molar-refractivity contribution is 6.19. The largest absolute Gasteiger partial charge is 0.489 e. The summed E-state index contributed by atoms with van der Waals surface area (Å²) >= 11 is 0. The number of hydrogen-bond acceptors (Lipinski definition) is 7. The first-order chi connectivity index (χ1) is 21.4. The molecule has 9 nitrogen and oxygen atoms in total. The van der Waals surface area contributed by atoms with Gasteiger partial charge in [-0.25, -0.2) is 4.68 Å². The van der Waals surface area contributed by atoms with Gasteiger partial charge in [0.2, 0.25) is 6.79 Å². The van der Waals surface area contributed by atoms with Crippen LogP contribution in [0.1, 0.15) is 23.6 Å². The number of benzene rings is 3. The smallest absolute Gasteiger partial charge is 0.271 e. The van der Waals surface area contributed by atoms with Gasteiger partial charge in [0.05, 0.1) is 17.9 Å². The molecule has 9 heteroatoms. The third kappa shape index (κ3) is 5.25. The first kappa shape index (κ1) is 28.2. The van der Waals surface area contributed by atoms with E-state index in [1.54, 1.807) is 42.0 Å². The van der Waals surface area contributed by atoms with E-state index in [2.05, 4.69) is 6.58 Å². The van der Waals surface area contributed by atoms with E-state index in [0.717, 1.165) is 27.5 Å². The molecule has 0 bridgehead atoms. The zero-order valence-corrected chi connectivity index (χ0v) is 24.2. The molecule has 0 fully saturated rings. The van der Waals surface area contributed by atoms with Crippen LogP contribution in [0.25, 0.3) is 23.0 Å². The summed E-state index contributed by atoms with van der Waals surface area (Å²) in [7, 11) is 0. The third-order valence-electron chi connectivity index (χ3n) is 7.47. The number of aryl methyl sites for hydroxylation is 1. The van der Waals surface area contributed by atoms with Gasteiger partial charge >= 0.3 is 0 Å². The van der Waals surface area contributed by atoms with Crippen LogP contribution in [0.5, 0.6) is 17.2 Å². The first-order valence-corrected chi connectivity index (χ1v) is 14.0. The van der Waals surface area contributed by atoms with E-state index >= 15 is 0 Å². The van der Waals surface area contributed by atoms with Crippen LogP contribution in [-0.4, -0.2) is 39.9 Å². The summed E-state index contributed by atoms with van der Waals surface area (Å²) in [5.74, 6) is 0.713. The Morgan fingerprint density at radius 2 is 1.82 bits per heavy atom. The van der Waals surface area contributed by atoms with Crippen molar-refractivity contribution in [2.45, 2.75) is 20.4 Å². The molecule has 0 N–H and O–H groups in total. The molecule has 0 spiro atoms. The number of aromatic nitrogens is 2.